The van der Waals surface area contributed by atoms with Crippen LogP contribution in [0.25, 0.3) is 0 Å². The highest BCUT2D eigenvalue weighted by molar-refractivity contribution is 5.95. The summed E-state index contributed by atoms with van der Waals surface area (Å²) in [6.45, 7) is 1.72. The zero-order valence-electron chi connectivity index (χ0n) is 15.3. The summed E-state index contributed by atoms with van der Waals surface area (Å²) in [5.74, 6) is 0.367. The van der Waals surface area contributed by atoms with Gasteiger partial charge >= 0.3 is 0 Å². The third-order valence-corrected chi connectivity index (χ3v) is 4.82. The van der Waals surface area contributed by atoms with Gasteiger partial charge in [0.05, 0.1) is 0 Å². The molecule has 1 atom stereocenters. The van der Waals surface area contributed by atoms with E-state index in [1.165, 1.54) is 12.1 Å². The van der Waals surface area contributed by atoms with Gasteiger partial charge < -0.3 is 10.1 Å². The third kappa shape index (κ3) is 4.05. The van der Waals surface area contributed by atoms with Crippen LogP contribution in [-0.4, -0.2) is 24.0 Å². The molecule has 1 aliphatic heterocycles. The zero-order valence-corrected chi connectivity index (χ0v) is 15.3. The lowest BCUT2D eigenvalue weighted by molar-refractivity contribution is -0.121. The molecule has 3 aromatic rings. The fourth-order valence-corrected chi connectivity index (χ4v) is 3.47. The largest absolute Gasteiger partial charge is 0.492 e. The maximum Gasteiger partial charge on any atom is 0.246 e. The average Bonchev–Trinajstić information content (AvgIpc) is 2.93. The van der Waals surface area contributed by atoms with Crippen molar-refractivity contribution in [1.82, 2.24) is 4.90 Å². The van der Waals surface area contributed by atoms with E-state index in [-0.39, 0.29) is 11.7 Å². The average molecular weight is 376 g/mol. The molecule has 142 valence electrons. The molecule has 0 saturated carbocycles. The molecule has 1 aliphatic rings. The molecule has 0 fully saturated rings. The number of hydrogen-bond donors (Lipinski definition) is 1. The molecule has 0 bridgehead atoms. The highest BCUT2D eigenvalue weighted by atomic mass is 19.1. The van der Waals surface area contributed by atoms with E-state index in [2.05, 4.69) is 10.2 Å². The van der Waals surface area contributed by atoms with Crippen molar-refractivity contribution in [1.29, 1.82) is 0 Å². The van der Waals surface area contributed by atoms with Gasteiger partial charge in [-0.2, -0.15) is 0 Å². The third-order valence-electron chi connectivity index (χ3n) is 4.82. The second-order valence-electron chi connectivity index (χ2n) is 6.74. The topological polar surface area (TPSA) is 41.6 Å². The number of fused-ring (bicyclic) bond motifs is 1. The lowest BCUT2D eigenvalue weighted by atomic mass is 10.0. The zero-order chi connectivity index (χ0) is 19.3. The summed E-state index contributed by atoms with van der Waals surface area (Å²) >= 11 is 0. The van der Waals surface area contributed by atoms with Crippen LogP contribution in [0, 0.1) is 5.82 Å². The van der Waals surface area contributed by atoms with Gasteiger partial charge in [-0.15, -0.1) is 0 Å². The molecule has 28 heavy (non-hydrogen) atoms. The van der Waals surface area contributed by atoms with Crippen molar-refractivity contribution in [3.63, 3.8) is 0 Å². The van der Waals surface area contributed by atoms with Gasteiger partial charge in [0, 0.05) is 24.3 Å². The summed E-state index contributed by atoms with van der Waals surface area (Å²) < 4.78 is 19.1. The Morgan fingerprint density at radius 2 is 1.68 bits per heavy atom. The number of carbonyl (C=O) groups excluding carboxylic acids is 1. The smallest absolute Gasteiger partial charge is 0.246 e. The maximum absolute atomic E-state index is 13.2. The van der Waals surface area contributed by atoms with Crippen LogP contribution >= 0.6 is 0 Å². The fourth-order valence-electron chi connectivity index (χ4n) is 3.47. The van der Waals surface area contributed by atoms with Crippen LogP contribution in [0.2, 0.25) is 0 Å². The summed E-state index contributed by atoms with van der Waals surface area (Å²) in [5, 5.41) is 2.92. The Labute approximate surface area is 163 Å². The quantitative estimate of drug-likeness (QED) is 0.734. The Bertz CT molecular complexity index is 944. The summed E-state index contributed by atoms with van der Waals surface area (Å²) in [4.78, 5) is 15.3. The van der Waals surface area contributed by atoms with Crippen LogP contribution in [0.4, 0.5) is 10.1 Å². The first-order valence-corrected chi connectivity index (χ1v) is 9.27. The lowest BCUT2D eigenvalue weighted by Crippen LogP contribution is -2.38. The van der Waals surface area contributed by atoms with Crippen molar-refractivity contribution >= 4 is 11.6 Å². The molecule has 0 aliphatic carbocycles. The van der Waals surface area contributed by atoms with Crippen molar-refractivity contribution < 1.29 is 13.9 Å². The molecule has 1 amide bonds. The van der Waals surface area contributed by atoms with Gasteiger partial charge in [-0.1, -0.05) is 48.5 Å². The van der Waals surface area contributed by atoms with E-state index in [1.54, 1.807) is 12.1 Å². The number of amides is 1. The number of para-hydroxylation sites is 1. The number of rotatable bonds is 4. The number of carbonyl (C=O) groups is 1. The highest BCUT2D eigenvalue weighted by Crippen LogP contribution is 2.29. The van der Waals surface area contributed by atoms with E-state index >= 15 is 0 Å². The van der Waals surface area contributed by atoms with Crippen LogP contribution < -0.4 is 10.1 Å². The summed E-state index contributed by atoms with van der Waals surface area (Å²) in [5.41, 5.74) is 2.52. The molecule has 0 spiro atoms. The van der Waals surface area contributed by atoms with Gasteiger partial charge in [0.15, 0.2) is 0 Å². The van der Waals surface area contributed by atoms with Gasteiger partial charge in [0.25, 0.3) is 0 Å². The predicted octanol–water partition coefficient (Wildman–Crippen LogP) is 4.40. The highest BCUT2D eigenvalue weighted by Gasteiger charge is 2.30. The van der Waals surface area contributed by atoms with E-state index in [4.69, 9.17) is 4.74 Å². The number of anilines is 1. The van der Waals surface area contributed by atoms with Crippen molar-refractivity contribution in [3.05, 3.63) is 95.8 Å². The summed E-state index contributed by atoms with van der Waals surface area (Å²) in [7, 11) is 0. The van der Waals surface area contributed by atoms with E-state index < -0.39 is 6.04 Å². The normalized spacial score (nSPS) is 15.0. The Morgan fingerprint density at radius 1 is 0.964 bits per heavy atom. The van der Waals surface area contributed by atoms with Crippen molar-refractivity contribution in [2.75, 3.05) is 18.5 Å². The van der Waals surface area contributed by atoms with Crippen LogP contribution in [-0.2, 0) is 11.3 Å². The van der Waals surface area contributed by atoms with Gasteiger partial charge in [0.2, 0.25) is 5.91 Å². The molecule has 4 nitrogen and oxygen atoms in total. The number of benzene rings is 3. The number of nitrogens with zero attached hydrogens (tertiary/aromatic N) is 1. The summed E-state index contributed by atoms with van der Waals surface area (Å²) in [6, 6.07) is 22.9. The van der Waals surface area contributed by atoms with Gasteiger partial charge in [-0.25, -0.2) is 4.39 Å². The molecule has 1 heterocycles. The monoisotopic (exact) mass is 376 g/mol. The minimum atomic E-state index is -0.485. The van der Waals surface area contributed by atoms with Gasteiger partial charge in [0.1, 0.15) is 24.2 Å². The molecular weight excluding hydrogens is 355 g/mol. The Kier molecular flexibility index (Phi) is 5.35. The minimum absolute atomic E-state index is 0.155. The first-order valence-electron chi connectivity index (χ1n) is 9.27. The van der Waals surface area contributed by atoms with Crippen LogP contribution in [0.3, 0.4) is 0 Å². The molecule has 4 rings (SSSR count). The molecule has 5 heteroatoms. The number of hydrogen-bond acceptors (Lipinski definition) is 3. The SMILES string of the molecule is O=C(Nc1ccc(F)cc1)C(c1ccccc1)N1CCOc2ccccc2C1. The van der Waals surface area contributed by atoms with Crippen molar-refractivity contribution in [2.45, 2.75) is 12.6 Å². The molecular formula is C23H21FN2O2. The molecule has 1 N–H and O–H groups in total. The van der Waals surface area contributed by atoms with Gasteiger partial charge in [-0.3, -0.25) is 9.69 Å². The van der Waals surface area contributed by atoms with E-state index in [1.807, 2.05) is 54.6 Å². The maximum atomic E-state index is 13.2. The molecule has 0 radical (unpaired) electrons. The Morgan fingerprint density at radius 3 is 2.46 bits per heavy atom. The first kappa shape index (κ1) is 18.2. The van der Waals surface area contributed by atoms with Gasteiger partial charge in [-0.05, 0) is 35.9 Å². The van der Waals surface area contributed by atoms with Crippen LogP contribution in [0.15, 0.2) is 78.9 Å². The molecule has 0 saturated heterocycles. The molecule has 3 aromatic carbocycles. The second-order valence-corrected chi connectivity index (χ2v) is 6.74. The predicted molar refractivity (Wildman–Crippen MR) is 107 cm³/mol. The fraction of sp³-hybridized carbons (Fsp3) is 0.174. The lowest BCUT2D eigenvalue weighted by Gasteiger charge is -2.29. The van der Waals surface area contributed by atoms with Crippen molar-refractivity contribution in [3.8, 4) is 5.75 Å². The molecule has 0 aromatic heterocycles. The first-order chi connectivity index (χ1) is 13.7. The van der Waals surface area contributed by atoms with Crippen molar-refractivity contribution in [2.24, 2.45) is 0 Å². The Hall–Kier alpha value is -3.18. The number of ether oxygens (including phenoxy) is 1. The van der Waals surface area contributed by atoms with E-state index in [0.29, 0.717) is 25.4 Å². The van der Waals surface area contributed by atoms with Crippen LogP contribution in [0.1, 0.15) is 17.2 Å². The second kappa shape index (κ2) is 8.23. The van der Waals surface area contributed by atoms with Crippen LogP contribution in [0.5, 0.6) is 5.75 Å². The minimum Gasteiger partial charge on any atom is -0.492 e. The summed E-state index contributed by atoms with van der Waals surface area (Å²) in [6.07, 6.45) is 0. The number of halogens is 1. The standard InChI is InChI=1S/C23H21FN2O2/c24-19-10-12-20(13-11-19)25-23(27)22(17-6-2-1-3-7-17)26-14-15-28-21-9-5-4-8-18(21)16-26/h1-13,22H,14-16H2,(H,25,27). The number of nitrogens with one attached hydrogen (secondary N) is 1. The van der Waals surface area contributed by atoms with E-state index in [0.717, 1.165) is 16.9 Å². The molecule has 1 unspecified atom stereocenters. The Balaban J connectivity index is 1.64. The van der Waals surface area contributed by atoms with E-state index in [9.17, 15) is 9.18 Å².